The molecule has 1 aromatic rings. The molecule has 0 spiro atoms. The van der Waals surface area contributed by atoms with E-state index in [9.17, 15) is 4.79 Å². The van der Waals surface area contributed by atoms with Crippen molar-refractivity contribution in [1.82, 2.24) is 10.2 Å². The largest absolute Gasteiger partial charge is 0.467 e. The zero-order chi connectivity index (χ0) is 17.3. The molecule has 0 amide bonds. The van der Waals surface area contributed by atoms with Crippen LogP contribution in [0.4, 0.5) is 0 Å². The van der Waals surface area contributed by atoms with Gasteiger partial charge in [-0.3, -0.25) is 4.79 Å². The third kappa shape index (κ3) is 2.61. The molecule has 0 saturated carbocycles. The van der Waals surface area contributed by atoms with E-state index < -0.39 is 11.6 Å². The number of nitrogens with zero attached hydrogens (tertiary/aromatic N) is 1. The summed E-state index contributed by atoms with van der Waals surface area (Å²) < 4.78 is 16.8. The third-order valence-corrected chi connectivity index (χ3v) is 4.94. The summed E-state index contributed by atoms with van der Waals surface area (Å²) in [4.78, 5) is 14.6. The quantitative estimate of drug-likeness (QED) is 0.642. The highest BCUT2D eigenvalue weighted by Crippen LogP contribution is 2.48. The summed E-state index contributed by atoms with van der Waals surface area (Å²) in [6.45, 7) is 5.00. The predicted molar refractivity (Wildman–Crippen MR) is 92.7 cm³/mol. The zero-order valence-electron chi connectivity index (χ0n) is 14.1. The van der Waals surface area contributed by atoms with Gasteiger partial charge in [-0.2, -0.15) is 0 Å². The number of rotatable bonds is 5. The van der Waals surface area contributed by atoms with Crippen molar-refractivity contribution in [2.75, 3.05) is 26.9 Å². The van der Waals surface area contributed by atoms with Crippen molar-refractivity contribution >= 4 is 23.3 Å². The molecule has 2 bridgehead atoms. The molecule has 0 radical (unpaired) electrons. The van der Waals surface area contributed by atoms with Crippen LogP contribution in [0.3, 0.4) is 0 Å². The topological polar surface area (TPSA) is 60.0 Å². The van der Waals surface area contributed by atoms with E-state index in [-0.39, 0.29) is 12.0 Å². The van der Waals surface area contributed by atoms with Crippen molar-refractivity contribution < 1.29 is 19.0 Å². The van der Waals surface area contributed by atoms with Gasteiger partial charge in [0.15, 0.2) is 10.8 Å². The van der Waals surface area contributed by atoms with Gasteiger partial charge in [0.25, 0.3) is 0 Å². The highest BCUT2D eigenvalue weighted by Gasteiger charge is 2.59. The summed E-state index contributed by atoms with van der Waals surface area (Å²) in [6, 6.07) is 7.43. The SMILES string of the molecule is CCOC(=O)[C@@H]1[C@H]2NC(=S)N(CCOC)[C@@]1(C)Oc1ccccc12. The molecule has 0 aromatic heterocycles. The Hall–Kier alpha value is -1.86. The van der Waals surface area contributed by atoms with E-state index in [1.165, 1.54) is 0 Å². The fraction of sp³-hybridized carbons (Fsp3) is 0.529. The molecule has 1 N–H and O–H groups in total. The van der Waals surface area contributed by atoms with Crippen LogP contribution in [0.5, 0.6) is 5.75 Å². The fourth-order valence-electron chi connectivity index (χ4n) is 3.49. The highest BCUT2D eigenvalue weighted by molar-refractivity contribution is 7.80. The number of nitrogens with one attached hydrogen (secondary N) is 1. The number of hydrogen-bond donors (Lipinski definition) is 1. The van der Waals surface area contributed by atoms with Crippen molar-refractivity contribution in [3.8, 4) is 5.75 Å². The lowest BCUT2D eigenvalue weighted by atomic mass is 9.79. The van der Waals surface area contributed by atoms with Gasteiger partial charge in [0.1, 0.15) is 11.7 Å². The van der Waals surface area contributed by atoms with Crippen molar-refractivity contribution in [3.63, 3.8) is 0 Å². The number of esters is 1. The Bertz CT molecular complexity index is 653. The minimum Gasteiger partial charge on any atom is -0.467 e. The van der Waals surface area contributed by atoms with Crippen LogP contribution in [0.15, 0.2) is 24.3 Å². The minimum absolute atomic E-state index is 0.273. The molecular weight excluding hydrogens is 328 g/mol. The lowest BCUT2D eigenvalue weighted by Gasteiger charge is -2.55. The number of benzene rings is 1. The second-order valence-corrected chi connectivity index (χ2v) is 6.38. The summed E-state index contributed by atoms with van der Waals surface area (Å²) in [5.74, 6) is -0.0733. The van der Waals surface area contributed by atoms with Crippen molar-refractivity contribution in [2.45, 2.75) is 25.6 Å². The number of thiocarbonyl (C=S) groups is 1. The van der Waals surface area contributed by atoms with Crippen molar-refractivity contribution in [1.29, 1.82) is 0 Å². The number of hydrogen-bond acceptors (Lipinski definition) is 5. The predicted octanol–water partition coefficient (Wildman–Crippen LogP) is 1.85. The average molecular weight is 350 g/mol. The number of para-hydroxylation sites is 1. The van der Waals surface area contributed by atoms with Gasteiger partial charge in [-0.15, -0.1) is 0 Å². The molecule has 6 nitrogen and oxygen atoms in total. The van der Waals surface area contributed by atoms with Gasteiger partial charge in [0.2, 0.25) is 0 Å². The van der Waals surface area contributed by atoms with Gasteiger partial charge in [0.05, 0.1) is 19.3 Å². The Morgan fingerprint density at radius 1 is 1.46 bits per heavy atom. The summed E-state index contributed by atoms with van der Waals surface area (Å²) in [5, 5.41) is 3.85. The Kier molecular flexibility index (Phi) is 4.64. The van der Waals surface area contributed by atoms with E-state index in [1.807, 2.05) is 36.1 Å². The first-order valence-corrected chi connectivity index (χ1v) is 8.45. The molecule has 24 heavy (non-hydrogen) atoms. The Balaban J connectivity index is 2.07. The number of fused-ring (bicyclic) bond motifs is 4. The molecule has 1 aromatic carbocycles. The second-order valence-electron chi connectivity index (χ2n) is 6.00. The van der Waals surface area contributed by atoms with E-state index in [4.69, 9.17) is 26.4 Å². The van der Waals surface area contributed by atoms with Crippen molar-refractivity contribution in [3.05, 3.63) is 29.8 Å². The Labute approximate surface area is 147 Å². The molecule has 2 heterocycles. The van der Waals surface area contributed by atoms with E-state index >= 15 is 0 Å². The van der Waals surface area contributed by atoms with E-state index in [2.05, 4.69) is 5.32 Å². The van der Waals surface area contributed by atoms with Crippen LogP contribution in [0, 0.1) is 5.92 Å². The number of methoxy groups -OCH3 is 1. The minimum atomic E-state index is -0.924. The Morgan fingerprint density at radius 3 is 2.92 bits per heavy atom. The number of ether oxygens (including phenoxy) is 3. The Morgan fingerprint density at radius 2 is 2.21 bits per heavy atom. The van der Waals surface area contributed by atoms with Crippen LogP contribution in [-0.2, 0) is 14.3 Å². The summed E-state index contributed by atoms with van der Waals surface area (Å²) in [6.07, 6.45) is 0. The molecule has 3 rings (SSSR count). The normalized spacial score (nSPS) is 27.8. The maximum Gasteiger partial charge on any atom is 0.317 e. The van der Waals surface area contributed by atoms with E-state index in [0.29, 0.717) is 24.9 Å². The fourth-order valence-corrected chi connectivity index (χ4v) is 3.89. The first-order chi connectivity index (χ1) is 11.5. The van der Waals surface area contributed by atoms with Crippen LogP contribution >= 0.6 is 12.2 Å². The molecule has 3 atom stereocenters. The van der Waals surface area contributed by atoms with Crippen molar-refractivity contribution in [2.24, 2.45) is 5.92 Å². The maximum atomic E-state index is 12.7. The average Bonchev–Trinajstić information content (AvgIpc) is 2.54. The van der Waals surface area contributed by atoms with Crippen LogP contribution in [0.2, 0.25) is 0 Å². The molecule has 0 aliphatic carbocycles. The van der Waals surface area contributed by atoms with Gasteiger partial charge in [-0.25, -0.2) is 0 Å². The smallest absolute Gasteiger partial charge is 0.317 e. The van der Waals surface area contributed by atoms with Crippen LogP contribution in [-0.4, -0.2) is 48.6 Å². The highest BCUT2D eigenvalue weighted by atomic mass is 32.1. The zero-order valence-corrected chi connectivity index (χ0v) is 14.9. The second kappa shape index (κ2) is 6.57. The lowest BCUT2D eigenvalue weighted by Crippen LogP contribution is -2.71. The maximum absolute atomic E-state index is 12.7. The summed E-state index contributed by atoms with van der Waals surface area (Å²) >= 11 is 5.53. The number of carbonyl (C=O) groups excluding carboxylic acids is 1. The molecule has 7 heteroatoms. The van der Waals surface area contributed by atoms with Gasteiger partial charge >= 0.3 is 5.97 Å². The molecule has 1 saturated heterocycles. The van der Waals surface area contributed by atoms with Crippen LogP contribution in [0.25, 0.3) is 0 Å². The van der Waals surface area contributed by atoms with Gasteiger partial charge in [-0.1, -0.05) is 18.2 Å². The standard InChI is InChI=1S/C17H22N2O4S/c1-4-22-15(20)13-14-11-7-5-6-8-12(11)23-17(13,2)19(9-10-21-3)16(24)18-14/h5-8,13-14H,4,9-10H2,1-3H3,(H,18,24)/t13-,14-,17-/m0/s1. The van der Waals surface area contributed by atoms with Gasteiger partial charge in [0, 0.05) is 19.2 Å². The monoisotopic (exact) mass is 350 g/mol. The molecule has 0 unspecified atom stereocenters. The van der Waals surface area contributed by atoms with Gasteiger partial charge < -0.3 is 24.4 Å². The van der Waals surface area contributed by atoms with E-state index in [1.54, 1.807) is 14.0 Å². The summed E-state index contributed by atoms with van der Waals surface area (Å²) in [5.41, 5.74) is -0.00616. The first-order valence-electron chi connectivity index (χ1n) is 8.04. The van der Waals surface area contributed by atoms with Crippen LogP contribution in [0.1, 0.15) is 25.5 Å². The van der Waals surface area contributed by atoms with E-state index in [0.717, 1.165) is 11.3 Å². The number of carbonyl (C=O) groups is 1. The molecule has 130 valence electrons. The molecular formula is C17H22N2O4S. The molecule has 1 fully saturated rings. The summed E-state index contributed by atoms with van der Waals surface area (Å²) in [7, 11) is 1.63. The van der Waals surface area contributed by atoms with Gasteiger partial charge in [-0.05, 0) is 32.1 Å². The lowest BCUT2D eigenvalue weighted by molar-refractivity contribution is -0.176. The third-order valence-electron chi connectivity index (χ3n) is 4.60. The molecule has 2 aliphatic heterocycles. The molecule has 2 aliphatic rings. The first kappa shape index (κ1) is 17.0. The van der Waals surface area contributed by atoms with Crippen LogP contribution < -0.4 is 10.1 Å².